The van der Waals surface area contributed by atoms with Crippen LogP contribution in [-0.4, -0.2) is 22.9 Å². The van der Waals surface area contributed by atoms with Crippen molar-refractivity contribution in [3.8, 4) is 5.75 Å². The Hall–Kier alpha value is -1.06. The van der Waals surface area contributed by atoms with E-state index in [-0.39, 0.29) is 12.0 Å². The molecule has 0 bridgehead atoms. The number of hydrogen-bond donors (Lipinski definition) is 3. The Kier molecular flexibility index (Phi) is 3.69. The molecule has 2 atom stereocenters. The Bertz CT molecular complexity index is 390. The third-order valence-electron chi connectivity index (χ3n) is 3.55. The minimum Gasteiger partial charge on any atom is -0.508 e. The molecule has 1 aliphatic carbocycles. The molecule has 1 aromatic rings. The molecule has 3 N–H and O–H groups in total. The summed E-state index contributed by atoms with van der Waals surface area (Å²) >= 11 is 0. The molecule has 2 unspecified atom stereocenters. The lowest BCUT2D eigenvalue weighted by molar-refractivity contribution is 0.120. The van der Waals surface area contributed by atoms with Crippen molar-refractivity contribution < 1.29 is 10.2 Å². The van der Waals surface area contributed by atoms with E-state index in [1.165, 1.54) is 11.1 Å². The summed E-state index contributed by atoms with van der Waals surface area (Å²) in [6, 6.07) is 5.88. The van der Waals surface area contributed by atoms with Crippen LogP contribution in [0.2, 0.25) is 0 Å². The fourth-order valence-corrected chi connectivity index (χ4v) is 2.31. The number of hydrogen-bond acceptors (Lipinski definition) is 3. The van der Waals surface area contributed by atoms with Crippen LogP contribution in [0.5, 0.6) is 5.75 Å². The van der Waals surface area contributed by atoms with E-state index in [0.29, 0.717) is 18.3 Å². The third kappa shape index (κ3) is 2.79. The van der Waals surface area contributed by atoms with Crippen LogP contribution >= 0.6 is 0 Å². The molecule has 94 valence electrons. The number of nitrogens with one attached hydrogen (secondary N) is 1. The minimum absolute atomic E-state index is 0.281. The van der Waals surface area contributed by atoms with E-state index < -0.39 is 0 Å². The molecule has 17 heavy (non-hydrogen) atoms. The molecule has 0 saturated carbocycles. The zero-order chi connectivity index (χ0) is 12.4. The number of benzene rings is 1. The normalized spacial score (nSPS) is 20.6. The Balaban J connectivity index is 1.98. The first-order chi connectivity index (χ1) is 8.08. The zero-order valence-electron chi connectivity index (χ0n) is 10.5. The molecule has 0 heterocycles. The molecule has 0 radical (unpaired) electrons. The first-order valence-corrected chi connectivity index (χ1v) is 6.31. The molecule has 2 rings (SSSR count). The van der Waals surface area contributed by atoms with Crippen molar-refractivity contribution in [3.05, 3.63) is 29.3 Å². The van der Waals surface area contributed by atoms with Gasteiger partial charge < -0.3 is 15.5 Å². The minimum atomic E-state index is -0.295. The average molecular weight is 235 g/mol. The average Bonchev–Trinajstić information content (AvgIpc) is 2.67. The van der Waals surface area contributed by atoms with Gasteiger partial charge in [0.25, 0.3) is 0 Å². The van der Waals surface area contributed by atoms with Gasteiger partial charge in [0.05, 0.1) is 6.10 Å². The van der Waals surface area contributed by atoms with Gasteiger partial charge in [-0.15, -0.1) is 0 Å². The molecular weight excluding hydrogens is 214 g/mol. The van der Waals surface area contributed by atoms with Crippen molar-refractivity contribution in [2.75, 3.05) is 6.54 Å². The lowest BCUT2D eigenvalue weighted by Crippen LogP contribution is -2.32. The zero-order valence-corrected chi connectivity index (χ0v) is 10.5. The Labute approximate surface area is 102 Å². The van der Waals surface area contributed by atoms with Crippen molar-refractivity contribution in [3.63, 3.8) is 0 Å². The number of aliphatic hydroxyl groups excluding tert-OH is 1. The number of fused-ring (bicyclic) bond motifs is 1. The number of aliphatic hydroxyl groups is 1. The van der Waals surface area contributed by atoms with E-state index in [1.54, 1.807) is 6.07 Å². The van der Waals surface area contributed by atoms with Crippen LogP contribution in [0.25, 0.3) is 0 Å². The number of aryl methyl sites for hydroxylation is 1. The molecule has 1 aromatic carbocycles. The monoisotopic (exact) mass is 235 g/mol. The summed E-state index contributed by atoms with van der Waals surface area (Å²) in [6.45, 7) is 4.67. The van der Waals surface area contributed by atoms with Gasteiger partial charge in [0.15, 0.2) is 0 Å². The highest BCUT2D eigenvalue weighted by molar-refractivity contribution is 5.39. The molecule has 1 aliphatic rings. The lowest BCUT2D eigenvalue weighted by Gasteiger charge is -2.19. The third-order valence-corrected chi connectivity index (χ3v) is 3.55. The second kappa shape index (κ2) is 5.07. The first kappa shape index (κ1) is 12.4. The summed E-state index contributed by atoms with van der Waals surface area (Å²) in [4.78, 5) is 0. The van der Waals surface area contributed by atoms with Crippen LogP contribution in [-0.2, 0) is 6.42 Å². The van der Waals surface area contributed by atoms with Crippen LogP contribution in [0, 0.1) is 5.92 Å². The van der Waals surface area contributed by atoms with E-state index >= 15 is 0 Å². The number of phenolic OH excluding ortho intramolecular Hbond substituents is 1. The van der Waals surface area contributed by atoms with Crippen molar-refractivity contribution in [2.45, 2.75) is 38.8 Å². The summed E-state index contributed by atoms with van der Waals surface area (Å²) in [5.41, 5.74) is 2.49. The maximum absolute atomic E-state index is 9.78. The van der Waals surface area contributed by atoms with Gasteiger partial charge in [-0.3, -0.25) is 0 Å². The highest BCUT2D eigenvalue weighted by atomic mass is 16.3. The molecule has 0 aromatic heterocycles. The predicted octanol–water partition coefficient (Wildman–Crippen LogP) is 1.99. The first-order valence-electron chi connectivity index (χ1n) is 6.31. The lowest BCUT2D eigenvalue weighted by atomic mass is 10.1. The predicted molar refractivity (Wildman–Crippen MR) is 68.0 cm³/mol. The standard InChI is InChI=1S/C14H21NO2/c1-9(2)14(17)8-15-13-6-3-10-7-11(16)4-5-12(10)13/h4-5,7,9,13-17H,3,6,8H2,1-2H3. The SMILES string of the molecule is CC(C)C(O)CNC1CCc2cc(O)ccc21. The maximum Gasteiger partial charge on any atom is 0.115 e. The fraction of sp³-hybridized carbons (Fsp3) is 0.571. The van der Waals surface area contributed by atoms with Crippen molar-refractivity contribution in [2.24, 2.45) is 5.92 Å². The number of phenols is 1. The van der Waals surface area contributed by atoms with E-state index in [1.807, 2.05) is 26.0 Å². The van der Waals surface area contributed by atoms with Gasteiger partial charge in [-0.25, -0.2) is 0 Å². The van der Waals surface area contributed by atoms with Crippen molar-refractivity contribution in [1.29, 1.82) is 0 Å². The van der Waals surface area contributed by atoms with Gasteiger partial charge in [0.2, 0.25) is 0 Å². The largest absolute Gasteiger partial charge is 0.508 e. The van der Waals surface area contributed by atoms with Crippen LogP contribution in [0.3, 0.4) is 0 Å². The summed E-state index contributed by atoms with van der Waals surface area (Å²) in [6.07, 6.45) is 1.75. The van der Waals surface area contributed by atoms with Gasteiger partial charge in [0.1, 0.15) is 5.75 Å². The van der Waals surface area contributed by atoms with Crippen LogP contribution in [0.4, 0.5) is 0 Å². The highest BCUT2D eigenvalue weighted by Gasteiger charge is 2.23. The van der Waals surface area contributed by atoms with Crippen molar-refractivity contribution >= 4 is 0 Å². The van der Waals surface area contributed by atoms with Gasteiger partial charge >= 0.3 is 0 Å². The van der Waals surface area contributed by atoms with Crippen LogP contribution in [0.15, 0.2) is 18.2 Å². The van der Waals surface area contributed by atoms with E-state index in [0.717, 1.165) is 12.8 Å². The van der Waals surface area contributed by atoms with E-state index in [4.69, 9.17) is 0 Å². The molecule has 0 aliphatic heterocycles. The quantitative estimate of drug-likeness (QED) is 0.748. The summed E-state index contributed by atoms with van der Waals surface area (Å²) in [5.74, 6) is 0.620. The Morgan fingerprint density at radius 1 is 1.41 bits per heavy atom. The molecular formula is C14H21NO2. The van der Waals surface area contributed by atoms with Crippen LogP contribution in [0.1, 0.15) is 37.4 Å². The molecule has 0 amide bonds. The highest BCUT2D eigenvalue weighted by Crippen LogP contribution is 2.33. The maximum atomic E-state index is 9.78. The van der Waals surface area contributed by atoms with Gasteiger partial charge in [-0.1, -0.05) is 19.9 Å². The number of aromatic hydroxyl groups is 1. The number of rotatable bonds is 4. The van der Waals surface area contributed by atoms with Crippen molar-refractivity contribution in [1.82, 2.24) is 5.32 Å². The molecule has 0 spiro atoms. The topological polar surface area (TPSA) is 52.5 Å². The molecule has 0 saturated heterocycles. The second-order valence-electron chi connectivity index (χ2n) is 5.19. The van der Waals surface area contributed by atoms with Gasteiger partial charge in [0, 0.05) is 12.6 Å². The summed E-state index contributed by atoms with van der Waals surface area (Å²) in [5, 5.41) is 22.6. The van der Waals surface area contributed by atoms with Crippen LogP contribution < -0.4 is 5.32 Å². The Morgan fingerprint density at radius 2 is 2.18 bits per heavy atom. The second-order valence-corrected chi connectivity index (χ2v) is 5.19. The Morgan fingerprint density at radius 3 is 2.88 bits per heavy atom. The smallest absolute Gasteiger partial charge is 0.115 e. The fourth-order valence-electron chi connectivity index (χ4n) is 2.31. The van der Waals surface area contributed by atoms with E-state index in [9.17, 15) is 10.2 Å². The van der Waals surface area contributed by atoms with Gasteiger partial charge in [-0.05, 0) is 42.0 Å². The molecule has 3 nitrogen and oxygen atoms in total. The summed E-state index contributed by atoms with van der Waals surface area (Å²) in [7, 11) is 0. The molecule has 3 heteroatoms. The van der Waals surface area contributed by atoms with Gasteiger partial charge in [-0.2, -0.15) is 0 Å². The van der Waals surface area contributed by atoms with E-state index in [2.05, 4.69) is 5.32 Å². The molecule has 0 fully saturated rings. The summed E-state index contributed by atoms with van der Waals surface area (Å²) < 4.78 is 0.